The van der Waals surface area contributed by atoms with Gasteiger partial charge < -0.3 is 4.74 Å². The number of benzene rings is 2. The highest BCUT2D eigenvalue weighted by Gasteiger charge is 2.27. The van der Waals surface area contributed by atoms with E-state index in [-0.39, 0.29) is 23.5 Å². The zero-order chi connectivity index (χ0) is 18.6. The van der Waals surface area contributed by atoms with Gasteiger partial charge in [0, 0.05) is 5.92 Å². The molecule has 0 aliphatic carbocycles. The number of hydrogen-bond donors (Lipinski definition) is 0. The molecule has 0 saturated heterocycles. The molecule has 134 valence electrons. The van der Waals surface area contributed by atoms with Crippen LogP contribution in [0.25, 0.3) is 0 Å². The molecule has 2 unspecified atom stereocenters. The standard InChI is InChI=1S/C18H21F2NO2P2/c1-11(21(24)25)18(22)23-12(2)17(13-3-7-15(19)8-4-13)14-5-9-16(20)10-6-14/h3-12,17H,24-25H2,1-2H3/t11-,12-/m0/s1. The van der Waals surface area contributed by atoms with Crippen molar-refractivity contribution >= 4 is 24.8 Å². The Morgan fingerprint density at radius 1 is 0.920 bits per heavy atom. The molecule has 0 radical (unpaired) electrons. The van der Waals surface area contributed by atoms with Crippen molar-refractivity contribution < 1.29 is 18.3 Å². The number of carbonyl (C=O) groups excluding carboxylic acids is 1. The lowest BCUT2D eigenvalue weighted by Crippen LogP contribution is -2.33. The molecule has 0 bridgehead atoms. The van der Waals surface area contributed by atoms with Crippen LogP contribution in [0.15, 0.2) is 48.5 Å². The third-order valence-corrected chi connectivity index (χ3v) is 4.91. The Morgan fingerprint density at radius 3 is 1.68 bits per heavy atom. The van der Waals surface area contributed by atoms with E-state index in [2.05, 4.69) is 18.8 Å². The van der Waals surface area contributed by atoms with E-state index >= 15 is 0 Å². The molecule has 4 atom stereocenters. The van der Waals surface area contributed by atoms with Crippen molar-refractivity contribution in [2.45, 2.75) is 31.9 Å². The lowest BCUT2D eigenvalue weighted by Gasteiger charge is -2.27. The van der Waals surface area contributed by atoms with E-state index in [1.807, 2.05) is 0 Å². The van der Waals surface area contributed by atoms with Gasteiger partial charge in [0.05, 0.1) is 0 Å². The molecule has 0 spiro atoms. The highest BCUT2D eigenvalue weighted by atomic mass is 31.1. The van der Waals surface area contributed by atoms with Gasteiger partial charge in [0.25, 0.3) is 0 Å². The number of nitrogens with zero attached hydrogens (tertiary/aromatic N) is 1. The van der Waals surface area contributed by atoms with Gasteiger partial charge in [-0.3, -0.25) is 9.24 Å². The largest absolute Gasteiger partial charge is 0.460 e. The minimum Gasteiger partial charge on any atom is -0.460 e. The molecular formula is C18H21F2NO2P2. The quantitative estimate of drug-likeness (QED) is 0.550. The van der Waals surface area contributed by atoms with Crippen LogP contribution < -0.4 is 0 Å². The number of halogens is 2. The summed E-state index contributed by atoms with van der Waals surface area (Å²) in [5.74, 6) is -1.41. The van der Waals surface area contributed by atoms with Crippen LogP contribution in [0.1, 0.15) is 30.9 Å². The Labute approximate surface area is 151 Å². The first-order valence-corrected chi connectivity index (χ1v) is 8.83. The van der Waals surface area contributed by atoms with Crippen molar-refractivity contribution in [2.24, 2.45) is 0 Å². The Morgan fingerprint density at radius 2 is 1.32 bits per heavy atom. The summed E-state index contributed by atoms with van der Waals surface area (Å²) in [6.45, 7) is 3.50. The molecule has 2 aromatic rings. The van der Waals surface area contributed by atoms with Crippen LogP contribution in [0.2, 0.25) is 0 Å². The van der Waals surface area contributed by atoms with E-state index in [1.54, 1.807) is 42.6 Å². The molecule has 25 heavy (non-hydrogen) atoms. The number of carbonyl (C=O) groups is 1. The van der Waals surface area contributed by atoms with E-state index in [0.717, 1.165) is 11.1 Å². The third kappa shape index (κ3) is 5.28. The Bertz CT molecular complexity index is 663. The molecule has 0 fully saturated rings. The summed E-state index contributed by atoms with van der Waals surface area (Å²) >= 11 is 0. The van der Waals surface area contributed by atoms with Crippen LogP contribution in [0.4, 0.5) is 8.78 Å². The SMILES string of the molecule is C[C@H](OC(=O)[C@H](C)N(P)P)C(c1ccc(F)cc1)c1ccc(F)cc1. The zero-order valence-electron chi connectivity index (χ0n) is 14.0. The van der Waals surface area contributed by atoms with Crippen molar-refractivity contribution in [1.82, 2.24) is 4.44 Å². The highest BCUT2D eigenvalue weighted by Crippen LogP contribution is 2.31. The summed E-state index contributed by atoms with van der Waals surface area (Å²) in [6, 6.07) is 11.6. The van der Waals surface area contributed by atoms with E-state index in [0.29, 0.717) is 0 Å². The Kier molecular flexibility index (Phi) is 7.01. The maximum Gasteiger partial charge on any atom is 0.323 e. The molecule has 7 heteroatoms. The summed E-state index contributed by atoms with van der Waals surface area (Å²) < 4.78 is 33.7. The highest BCUT2D eigenvalue weighted by molar-refractivity contribution is 7.31. The average molecular weight is 383 g/mol. The molecule has 0 aliphatic heterocycles. The first-order valence-electron chi connectivity index (χ1n) is 7.79. The van der Waals surface area contributed by atoms with E-state index < -0.39 is 12.1 Å². The van der Waals surface area contributed by atoms with Crippen molar-refractivity contribution in [1.29, 1.82) is 0 Å². The summed E-state index contributed by atoms with van der Waals surface area (Å²) in [6.07, 6.45) is -0.513. The maximum atomic E-state index is 13.3. The normalized spacial score (nSPS) is 13.8. The molecule has 2 aromatic carbocycles. The smallest absolute Gasteiger partial charge is 0.323 e. The number of hydrogen-bond acceptors (Lipinski definition) is 3. The van der Waals surface area contributed by atoms with Gasteiger partial charge in [-0.05, 0) is 49.2 Å². The van der Waals surface area contributed by atoms with Gasteiger partial charge in [0.15, 0.2) is 0 Å². The maximum absolute atomic E-state index is 13.3. The van der Waals surface area contributed by atoms with Gasteiger partial charge in [-0.15, -0.1) is 0 Å². The minimum atomic E-state index is -0.513. The number of esters is 1. The second kappa shape index (κ2) is 8.80. The summed E-state index contributed by atoms with van der Waals surface area (Å²) in [5, 5.41) is 0. The van der Waals surface area contributed by atoms with Gasteiger partial charge in [0.2, 0.25) is 0 Å². The predicted molar refractivity (Wildman–Crippen MR) is 101 cm³/mol. The van der Waals surface area contributed by atoms with Crippen LogP contribution in [0.3, 0.4) is 0 Å². The summed E-state index contributed by atoms with van der Waals surface area (Å²) in [4.78, 5) is 12.3. The first kappa shape index (κ1) is 19.9. The molecule has 0 N–H and O–H groups in total. The molecule has 0 heterocycles. The Balaban J connectivity index is 2.32. The van der Waals surface area contributed by atoms with Crippen molar-refractivity contribution in [3.05, 3.63) is 71.3 Å². The Hall–Kier alpha value is -1.41. The fraction of sp³-hybridized carbons (Fsp3) is 0.278. The van der Waals surface area contributed by atoms with E-state index in [1.165, 1.54) is 24.3 Å². The fourth-order valence-electron chi connectivity index (χ4n) is 2.55. The number of ether oxygens (including phenoxy) is 1. The molecule has 0 aromatic heterocycles. The van der Waals surface area contributed by atoms with Crippen LogP contribution >= 0.6 is 18.8 Å². The van der Waals surface area contributed by atoms with E-state index in [4.69, 9.17) is 4.74 Å². The molecule has 0 amide bonds. The summed E-state index contributed by atoms with van der Waals surface area (Å²) in [5.41, 5.74) is 1.57. The molecule has 3 nitrogen and oxygen atoms in total. The molecule has 0 aliphatic rings. The minimum absolute atomic E-state index is 0.334. The lowest BCUT2D eigenvalue weighted by molar-refractivity contribution is -0.151. The van der Waals surface area contributed by atoms with Crippen LogP contribution in [0, 0.1) is 11.6 Å². The molecular weight excluding hydrogens is 362 g/mol. The fourth-order valence-corrected chi connectivity index (χ4v) is 2.79. The van der Waals surface area contributed by atoms with Gasteiger partial charge in [-0.1, -0.05) is 43.0 Å². The lowest BCUT2D eigenvalue weighted by atomic mass is 9.87. The number of rotatable bonds is 6. The second-order valence-electron chi connectivity index (χ2n) is 5.85. The molecule has 0 saturated carbocycles. The van der Waals surface area contributed by atoms with E-state index in [9.17, 15) is 13.6 Å². The van der Waals surface area contributed by atoms with Gasteiger partial charge >= 0.3 is 5.97 Å². The van der Waals surface area contributed by atoms with Gasteiger partial charge in [-0.2, -0.15) is 0 Å². The molecule has 2 rings (SSSR count). The van der Waals surface area contributed by atoms with Crippen LogP contribution in [-0.2, 0) is 9.53 Å². The average Bonchev–Trinajstić information content (AvgIpc) is 2.57. The van der Waals surface area contributed by atoms with Crippen molar-refractivity contribution in [3.63, 3.8) is 0 Å². The predicted octanol–water partition coefficient (Wildman–Crippen LogP) is 4.30. The first-order chi connectivity index (χ1) is 11.8. The van der Waals surface area contributed by atoms with Crippen LogP contribution in [0.5, 0.6) is 0 Å². The second-order valence-corrected chi connectivity index (χ2v) is 7.63. The van der Waals surface area contributed by atoms with Gasteiger partial charge in [0.1, 0.15) is 23.8 Å². The summed E-state index contributed by atoms with van der Waals surface area (Å²) in [7, 11) is 4.79. The van der Waals surface area contributed by atoms with Gasteiger partial charge in [-0.25, -0.2) is 8.78 Å². The van der Waals surface area contributed by atoms with Crippen molar-refractivity contribution in [2.75, 3.05) is 0 Å². The third-order valence-electron chi connectivity index (χ3n) is 4.02. The van der Waals surface area contributed by atoms with Crippen molar-refractivity contribution in [3.8, 4) is 0 Å². The van der Waals surface area contributed by atoms with Crippen LogP contribution in [-0.4, -0.2) is 22.6 Å². The zero-order valence-corrected chi connectivity index (χ0v) is 16.3. The monoisotopic (exact) mass is 383 g/mol. The topological polar surface area (TPSA) is 29.5 Å².